The van der Waals surface area contributed by atoms with Gasteiger partial charge in [0.1, 0.15) is 0 Å². The Morgan fingerprint density at radius 2 is 1.41 bits per heavy atom. The van der Waals surface area contributed by atoms with Gasteiger partial charge in [-0.05, 0) is 41.9 Å². The van der Waals surface area contributed by atoms with Gasteiger partial charge in [-0.15, -0.1) is 0 Å². The van der Waals surface area contributed by atoms with Crippen molar-refractivity contribution < 1.29 is 18.4 Å². The second-order valence-corrected chi connectivity index (χ2v) is 12.8. The monoisotopic (exact) mass is 558 g/mol. The van der Waals surface area contributed by atoms with E-state index in [0.717, 1.165) is 41.6 Å². The van der Waals surface area contributed by atoms with Crippen LogP contribution >= 0.6 is 7.75 Å². The molecule has 1 unspecified atom stereocenters. The van der Waals surface area contributed by atoms with E-state index in [0.29, 0.717) is 6.61 Å². The van der Waals surface area contributed by atoms with Crippen molar-refractivity contribution in [3.63, 3.8) is 0 Å². The molecule has 0 radical (unpaired) electrons. The van der Waals surface area contributed by atoms with Gasteiger partial charge in [0.25, 0.3) is 0 Å². The first-order chi connectivity index (χ1) is 18.7. The summed E-state index contributed by atoms with van der Waals surface area (Å²) in [6, 6.07) is 15.9. The predicted octanol–water partition coefficient (Wildman–Crippen LogP) is 9.29. The van der Waals surface area contributed by atoms with Gasteiger partial charge in [-0.1, -0.05) is 122 Å². The van der Waals surface area contributed by atoms with Gasteiger partial charge < -0.3 is 5.32 Å². The molecule has 2 aromatic rings. The normalized spacial score (nSPS) is 13.3. The molecule has 2 rings (SSSR count). The van der Waals surface area contributed by atoms with Gasteiger partial charge in [-0.2, -0.15) is 4.67 Å². The summed E-state index contributed by atoms with van der Waals surface area (Å²) in [5, 5.41) is 3.16. The van der Waals surface area contributed by atoms with E-state index in [2.05, 4.69) is 52.1 Å². The van der Waals surface area contributed by atoms with Crippen LogP contribution in [0.3, 0.4) is 0 Å². The lowest BCUT2D eigenvalue weighted by atomic mass is 9.92. The number of nitrogens with one attached hydrogen (secondary N) is 1. The number of unbranched alkanes of at least 4 members (excludes halogenated alkanes) is 6. The molecule has 0 aliphatic heterocycles. The number of carbonyl (C=O) groups excluding carboxylic acids is 1. The molecule has 1 N–H and O–H groups in total. The van der Waals surface area contributed by atoms with Crippen molar-refractivity contribution in [2.75, 3.05) is 25.1 Å². The molecule has 0 aromatic heterocycles. The molecule has 0 heterocycles. The zero-order valence-corrected chi connectivity index (χ0v) is 26.0. The molecular weight excluding hydrogens is 507 g/mol. The lowest BCUT2D eigenvalue weighted by molar-refractivity contribution is -0.116. The quantitative estimate of drug-likeness (QED) is 0.137. The van der Waals surface area contributed by atoms with Crippen molar-refractivity contribution >= 4 is 19.3 Å². The summed E-state index contributed by atoms with van der Waals surface area (Å²) < 4.78 is 27.5. The van der Waals surface area contributed by atoms with Crippen molar-refractivity contribution in [3.8, 4) is 0 Å². The zero-order valence-electron chi connectivity index (χ0n) is 25.1. The largest absolute Gasteiger partial charge is 0.408 e. The summed E-state index contributed by atoms with van der Waals surface area (Å²) >= 11 is 0. The van der Waals surface area contributed by atoms with E-state index in [4.69, 9.17) is 9.05 Å². The number of benzene rings is 2. The fraction of sp³-hybridized carbons (Fsp3) is 0.594. The van der Waals surface area contributed by atoms with E-state index >= 15 is 0 Å². The molecule has 0 fully saturated rings. The third-order valence-corrected chi connectivity index (χ3v) is 8.88. The van der Waals surface area contributed by atoms with Crippen LogP contribution in [-0.2, 0) is 25.0 Å². The molecule has 39 heavy (non-hydrogen) atoms. The van der Waals surface area contributed by atoms with Crippen LogP contribution in [0, 0.1) is 0 Å². The fourth-order valence-electron chi connectivity index (χ4n) is 4.67. The number of carbonyl (C=O) groups is 1. The van der Waals surface area contributed by atoms with Crippen LogP contribution < -0.4 is 5.32 Å². The van der Waals surface area contributed by atoms with Crippen LogP contribution in [0.2, 0.25) is 0 Å². The highest BCUT2D eigenvalue weighted by Crippen LogP contribution is 2.53. The van der Waals surface area contributed by atoms with Crippen molar-refractivity contribution in [2.24, 2.45) is 0 Å². The Labute approximate surface area is 237 Å². The van der Waals surface area contributed by atoms with Crippen molar-refractivity contribution in [1.82, 2.24) is 4.67 Å². The second kappa shape index (κ2) is 17.7. The van der Waals surface area contributed by atoms with Crippen molar-refractivity contribution in [1.29, 1.82) is 0 Å². The Hall–Kier alpha value is -1.98. The Balaban J connectivity index is 2.21. The van der Waals surface area contributed by atoms with Crippen molar-refractivity contribution in [2.45, 2.75) is 105 Å². The minimum absolute atomic E-state index is 0.104. The minimum atomic E-state index is -3.71. The number of hydrogen-bond donors (Lipinski definition) is 1. The third-order valence-electron chi connectivity index (χ3n) is 6.81. The number of para-hydroxylation sites is 1. The van der Waals surface area contributed by atoms with Gasteiger partial charge in [0.05, 0.1) is 19.8 Å². The molecular formula is C32H51N2O4P. The number of nitrogens with zero attached hydrogens (tertiary/aromatic N) is 1. The topological polar surface area (TPSA) is 67.9 Å². The maximum Gasteiger partial charge on any atom is 0.408 e. The van der Waals surface area contributed by atoms with Crippen molar-refractivity contribution in [3.05, 3.63) is 65.2 Å². The number of anilines is 1. The third kappa shape index (κ3) is 11.2. The fourth-order valence-corrected chi connectivity index (χ4v) is 6.39. The summed E-state index contributed by atoms with van der Waals surface area (Å²) in [4.78, 5) is 13.5. The SMILES string of the molecule is CCCCCCCCCOP(=O)(OCC)N(CC(=O)Nc1c(C(C)C)cccc1C(C)C)Cc1ccccc1. The molecule has 0 aliphatic rings. The molecule has 7 heteroatoms. The van der Waals surface area contributed by atoms with Gasteiger partial charge >= 0.3 is 7.75 Å². The summed E-state index contributed by atoms with van der Waals surface area (Å²) in [5.74, 6) is 0.263. The van der Waals surface area contributed by atoms with Gasteiger partial charge in [-0.3, -0.25) is 13.8 Å². The van der Waals surface area contributed by atoms with Crippen LogP contribution in [0.4, 0.5) is 5.69 Å². The lowest BCUT2D eigenvalue weighted by Crippen LogP contribution is -2.33. The first kappa shape index (κ1) is 33.2. The van der Waals surface area contributed by atoms with Crippen LogP contribution in [-0.4, -0.2) is 30.3 Å². The van der Waals surface area contributed by atoms with Crippen LogP contribution in [0.25, 0.3) is 0 Å². The molecule has 0 bridgehead atoms. The van der Waals surface area contributed by atoms with Crippen LogP contribution in [0.1, 0.15) is 115 Å². The van der Waals surface area contributed by atoms with Crippen LogP contribution in [0.5, 0.6) is 0 Å². The zero-order chi connectivity index (χ0) is 28.7. The highest BCUT2D eigenvalue weighted by atomic mass is 31.2. The first-order valence-corrected chi connectivity index (χ1v) is 16.3. The van der Waals surface area contributed by atoms with Gasteiger partial charge in [0, 0.05) is 12.2 Å². The predicted molar refractivity (Wildman–Crippen MR) is 163 cm³/mol. The van der Waals surface area contributed by atoms with Gasteiger partial charge in [0.15, 0.2) is 0 Å². The Kier molecular flexibility index (Phi) is 15.0. The number of hydrogen-bond acceptors (Lipinski definition) is 4. The Morgan fingerprint density at radius 1 is 0.821 bits per heavy atom. The molecule has 218 valence electrons. The first-order valence-electron chi connectivity index (χ1n) is 14.8. The highest BCUT2D eigenvalue weighted by molar-refractivity contribution is 7.51. The molecule has 1 atom stereocenters. The van der Waals surface area contributed by atoms with Gasteiger partial charge in [-0.25, -0.2) is 4.57 Å². The maximum atomic E-state index is 14.1. The van der Waals surface area contributed by atoms with E-state index < -0.39 is 7.75 Å². The molecule has 0 spiro atoms. The van der Waals surface area contributed by atoms with E-state index in [1.165, 1.54) is 25.7 Å². The number of rotatable bonds is 19. The second-order valence-electron chi connectivity index (χ2n) is 10.8. The highest BCUT2D eigenvalue weighted by Gasteiger charge is 2.35. The average Bonchev–Trinajstić information content (AvgIpc) is 2.90. The minimum Gasteiger partial charge on any atom is -0.324 e. The molecule has 1 amide bonds. The maximum absolute atomic E-state index is 14.1. The summed E-state index contributed by atoms with van der Waals surface area (Å²) in [6.45, 7) is 13.3. The Bertz CT molecular complexity index is 1000. The van der Waals surface area contributed by atoms with E-state index in [1.807, 2.05) is 36.4 Å². The molecule has 0 saturated carbocycles. The smallest absolute Gasteiger partial charge is 0.324 e. The van der Waals surface area contributed by atoms with Gasteiger partial charge in [0.2, 0.25) is 5.91 Å². The molecule has 2 aromatic carbocycles. The van der Waals surface area contributed by atoms with E-state index in [1.54, 1.807) is 11.6 Å². The standard InChI is InChI=1S/C32H51N2O4P/c1-7-9-10-11-12-13-17-23-38-39(36,37-8-2)34(24-28-19-15-14-16-20-28)25-31(35)33-32-29(26(3)4)21-18-22-30(32)27(5)6/h14-16,18-22,26-27H,7-13,17,23-25H2,1-6H3,(H,33,35). The van der Waals surface area contributed by atoms with E-state index in [-0.39, 0.29) is 37.4 Å². The molecule has 0 saturated heterocycles. The average molecular weight is 559 g/mol. The summed E-state index contributed by atoms with van der Waals surface area (Å²) in [6.07, 6.45) is 7.96. The summed E-state index contributed by atoms with van der Waals surface area (Å²) in [5.41, 5.74) is 3.97. The van der Waals surface area contributed by atoms with E-state index in [9.17, 15) is 9.36 Å². The Morgan fingerprint density at radius 3 is 1.97 bits per heavy atom. The summed E-state index contributed by atoms with van der Waals surface area (Å²) in [7, 11) is -3.71. The molecule has 6 nitrogen and oxygen atoms in total. The lowest BCUT2D eigenvalue weighted by Gasteiger charge is -2.30. The number of amides is 1. The molecule has 0 aliphatic carbocycles. The van der Waals surface area contributed by atoms with Crippen LogP contribution in [0.15, 0.2) is 48.5 Å².